The summed E-state index contributed by atoms with van der Waals surface area (Å²) >= 11 is 3.75. The van der Waals surface area contributed by atoms with Crippen molar-refractivity contribution < 1.29 is 9.59 Å². The van der Waals surface area contributed by atoms with E-state index in [1.807, 2.05) is 23.5 Å². The molecule has 0 spiro atoms. The first kappa shape index (κ1) is 15.5. The summed E-state index contributed by atoms with van der Waals surface area (Å²) in [7, 11) is 0. The Labute approximate surface area is 104 Å². The van der Waals surface area contributed by atoms with Gasteiger partial charge in [-0.15, -0.1) is 0 Å². The van der Waals surface area contributed by atoms with E-state index >= 15 is 0 Å². The monoisotopic (exact) mass is 260 g/mol. The van der Waals surface area contributed by atoms with Gasteiger partial charge in [-0.05, 0) is 24.3 Å². The highest BCUT2D eigenvalue weighted by Crippen LogP contribution is 2.09. The molecule has 90 valence electrons. The minimum Gasteiger partial charge on any atom is -0.211 e. The van der Waals surface area contributed by atoms with Crippen molar-refractivity contribution in [3.8, 4) is 0 Å². The SMILES string of the molecule is O=C=NCCCSCCSCCCN=C=O. The molecule has 0 saturated carbocycles. The molecule has 0 N–H and O–H groups in total. The molecule has 0 aliphatic rings. The fraction of sp³-hybridized carbons (Fsp3) is 0.800. The largest absolute Gasteiger partial charge is 0.234 e. The van der Waals surface area contributed by atoms with Crippen LogP contribution in [0.5, 0.6) is 0 Å². The predicted octanol–water partition coefficient (Wildman–Crippen LogP) is 1.90. The Hall–Kier alpha value is -0.540. The summed E-state index contributed by atoms with van der Waals surface area (Å²) in [5, 5.41) is 0. The Balaban J connectivity index is 2.98. The second kappa shape index (κ2) is 14.5. The van der Waals surface area contributed by atoms with Crippen LogP contribution in [0.4, 0.5) is 0 Å². The van der Waals surface area contributed by atoms with Crippen molar-refractivity contribution in [1.29, 1.82) is 0 Å². The van der Waals surface area contributed by atoms with E-state index in [1.165, 1.54) is 12.2 Å². The van der Waals surface area contributed by atoms with Gasteiger partial charge < -0.3 is 0 Å². The van der Waals surface area contributed by atoms with E-state index in [0.717, 1.165) is 35.9 Å². The lowest BCUT2D eigenvalue weighted by molar-refractivity contribution is 0.562. The third kappa shape index (κ3) is 13.5. The van der Waals surface area contributed by atoms with Crippen molar-refractivity contribution in [2.24, 2.45) is 9.98 Å². The summed E-state index contributed by atoms with van der Waals surface area (Å²) in [6.07, 6.45) is 4.94. The molecule has 0 aromatic heterocycles. The number of aliphatic imine (C=N–C) groups is 2. The molecule has 0 radical (unpaired) electrons. The van der Waals surface area contributed by atoms with Crippen molar-refractivity contribution in [3.63, 3.8) is 0 Å². The molecule has 6 heteroatoms. The van der Waals surface area contributed by atoms with Crippen molar-refractivity contribution in [3.05, 3.63) is 0 Å². The fourth-order valence-electron chi connectivity index (χ4n) is 0.905. The molecular weight excluding hydrogens is 244 g/mol. The smallest absolute Gasteiger partial charge is 0.211 e. The van der Waals surface area contributed by atoms with Gasteiger partial charge >= 0.3 is 0 Å². The number of nitrogens with zero attached hydrogens (tertiary/aromatic N) is 2. The van der Waals surface area contributed by atoms with Gasteiger partial charge in [-0.1, -0.05) is 0 Å². The van der Waals surface area contributed by atoms with E-state index in [9.17, 15) is 9.59 Å². The maximum absolute atomic E-state index is 9.75. The van der Waals surface area contributed by atoms with E-state index in [1.54, 1.807) is 0 Å². The molecule has 0 aromatic rings. The molecule has 0 bridgehead atoms. The molecule has 0 fully saturated rings. The molecule has 0 saturated heterocycles. The zero-order valence-corrected chi connectivity index (χ0v) is 10.8. The van der Waals surface area contributed by atoms with Crippen LogP contribution in [0.15, 0.2) is 9.98 Å². The molecule has 16 heavy (non-hydrogen) atoms. The van der Waals surface area contributed by atoms with Gasteiger partial charge in [0.05, 0.1) is 13.1 Å². The van der Waals surface area contributed by atoms with Gasteiger partial charge in [0.1, 0.15) is 0 Å². The zero-order valence-electron chi connectivity index (χ0n) is 9.18. The molecule has 0 heterocycles. The average molecular weight is 260 g/mol. The predicted molar refractivity (Wildman–Crippen MR) is 69.9 cm³/mol. The number of hydrogen-bond acceptors (Lipinski definition) is 6. The Morgan fingerprint density at radius 2 is 1.19 bits per heavy atom. The van der Waals surface area contributed by atoms with Gasteiger partial charge in [-0.25, -0.2) is 19.6 Å². The van der Waals surface area contributed by atoms with E-state index in [0.29, 0.717) is 13.1 Å². The average Bonchev–Trinajstić information content (AvgIpc) is 2.31. The second-order valence-electron chi connectivity index (χ2n) is 2.88. The van der Waals surface area contributed by atoms with Crippen LogP contribution >= 0.6 is 23.5 Å². The summed E-state index contributed by atoms with van der Waals surface area (Å²) in [5.74, 6) is 4.32. The number of rotatable bonds is 11. The topological polar surface area (TPSA) is 58.9 Å². The summed E-state index contributed by atoms with van der Waals surface area (Å²) in [5.41, 5.74) is 0. The van der Waals surface area contributed by atoms with E-state index < -0.39 is 0 Å². The Morgan fingerprint density at radius 3 is 1.56 bits per heavy atom. The Morgan fingerprint density at radius 1 is 0.750 bits per heavy atom. The molecule has 0 aliphatic carbocycles. The number of carbonyl (C=O) groups excluding carboxylic acids is 2. The van der Waals surface area contributed by atoms with E-state index in [4.69, 9.17) is 0 Å². The van der Waals surface area contributed by atoms with Crippen LogP contribution in [-0.2, 0) is 9.59 Å². The molecule has 0 aliphatic heterocycles. The normalized spacial score (nSPS) is 9.25. The number of isocyanates is 2. The van der Waals surface area contributed by atoms with Crippen LogP contribution in [-0.4, -0.2) is 48.3 Å². The van der Waals surface area contributed by atoms with Crippen molar-refractivity contribution in [2.75, 3.05) is 36.1 Å². The van der Waals surface area contributed by atoms with Crippen LogP contribution in [0, 0.1) is 0 Å². The number of hydrogen-bond donors (Lipinski definition) is 0. The lowest BCUT2D eigenvalue weighted by Gasteiger charge is -2.00. The highest BCUT2D eigenvalue weighted by atomic mass is 32.2. The van der Waals surface area contributed by atoms with Crippen molar-refractivity contribution in [2.45, 2.75) is 12.8 Å². The second-order valence-corrected chi connectivity index (χ2v) is 5.33. The van der Waals surface area contributed by atoms with Crippen LogP contribution in [0.1, 0.15) is 12.8 Å². The molecule has 0 rings (SSSR count). The quantitative estimate of drug-likeness (QED) is 0.323. The maximum Gasteiger partial charge on any atom is 0.234 e. The summed E-state index contributed by atoms with van der Waals surface area (Å²) < 4.78 is 0. The molecule has 4 nitrogen and oxygen atoms in total. The summed E-state index contributed by atoms with van der Waals surface area (Å²) in [6.45, 7) is 1.18. The first-order valence-electron chi connectivity index (χ1n) is 5.14. The van der Waals surface area contributed by atoms with Crippen LogP contribution in [0.3, 0.4) is 0 Å². The molecular formula is C10H16N2O2S2. The highest BCUT2D eigenvalue weighted by Gasteiger charge is 1.91. The van der Waals surface area contributed by atoms with Crippen LogP contribution in [0.25, 0.3) is 0 Å². The van der Waals surface area contributed by atoms with Gasteiger partial charge in [-0.3, -0.25) is 0 Å². The van der Waals surface area contributed by atoms with Gasteiger partial charge in [0.25, 0.3) is 0 Å². The maximum atomic E-state index is 9.75. The molecule has 0 aromatic carbocycles. The number of thioether (sulfide) groups is 2. The highest BCUT2D eigenvalue weighted by molar-refractivity contribution is 8.02. The first-order chi connectivity index (χ1) is 7.91. The molecule has 0 unspecified atom stereocenters. The van der Waals surface area contributed by atoms with E-state index in [2.05, 4.69) is 9.98 Å². The van der Waals surface area contributed by atoms with Gasteiger partial charge in [0.2, 0.25) is 12.2 Å². The fourth-order valence-corrected chi connectivity index (χ4v) is 2.92. The molecule has 0 amide bonds. The first-order valence-corrected chi connectivity index (χ1v) is 7.45. The van der Waals surface area contributed by atoms with Gasteiger partial charge in [-0.2, -0.15) is 23.5 Å². The third-order valence-electron chi connectivity index (χ3n) is 1.62. The minimum absolute atomic E-state index is 0.591. The lowest BCUT2D eigenvalue weighted by atomic mass is 10.5. The minimum atomic E-state index is 0.591. The standard InChI is InChI=1S/C10H16N2O2S2/c13-9-11-3-1-5-15-7-8-16-6-2-4-12-10-14/h1-8H2. The van der Waals surface area contributed by atoms with Crippen molar-refractivity contribution in [1.82, 2.24) is 0 Å². The van der Waals surface area contributed by atoms with Crippen LogP contribution < -0.4 is 0 Å². The Kier molecular flexibility index (Phi) is 14.0. The van der Waals surface area contributed by atoms with Crippen LogP contribution in [0.2, 0.25) is 0 Å². The van der Waals surface area contributed by atoms with E-state index in [-0.39, 0.29) is 0 Å². The summed E-state index contributed by atoms with van der Waals surface area (Å²) in [6, 6.07) is 0. The molecule has 0 atom stereocenters. The van der Waals surface area contributed by atoms with Gasteiger partial charge in [0, 0.05) is 11.5 Å². The lowest BCUT2D eigenvalue weighted by Crippen LogP contribution is -1.91. The van der Waals surface area contributed by atoms with Gasteiger partial charge in [0.15, 0.2) is 0 Å². The van der Waals surface area contributed by atoms with Crippen molar-refractivity contribution >= 4 is 35.7 Å². The Bertz CT molecular complexity index is 223. The third-order valence-corrected chi connectivity index (χ3v) is 4.02. The zero-order chi connectivity index (χ0) is 11.9. The summed E-state index contributed by atoms with van der Waals surface area (Å²) in [4.78, 5) is 26.5.